The normalized spacial score (nSPS) is 15.1. The number of carbonyl (C=O) groups is 4. The average Bonchev–Trinajstić information content (AvgIpc) is 3.18. The number of carbonyl (C=O) groups excluding carboxylic acids is 4. The van der Waals surface area contributed by atoms with E-state index in [0.29, 0.717) is 49.2 Å². The Bertz CT molecular complexity index is 1240. The molecule has 1 heterocycles. The molecule has 1 unspecified atom stereocenters. The molecule has 3 amide bonds. The van der Waals surface area contributed by atoms with E-state index in [-0.39, 0.29) is 23.0 Å². The van der Waals surface area contributed by atoms with Crippen LogP contribution in [0, 0.1) is 12.3 Å². The summed E-state index contributed by atoms with van der Waals surface area (Å²) in [7, 11) is 0. The number of amides is 3. The van der Waals surface area contributed by atoms with Gasteiger partial charge in [0.05, 0.1) is 0 Å². The van der Waals surface area contributed by atoms with Gasteiger partial charge in [-0.05, 0) is 62.6 Å². The van der Waals surface area contributed by atoms with E-state index in [0.717, 1.165) is 29.7 Å². The maximum absolute atomic E-state index is 13.3. The number of fused-ring (bicyclic) bond motifs is 1. The van der Waals surface area contributed by atoms with Gasteiger partial charge in [-0.3, -0.25) is 14.4 Å². The molecule has 0 fully saturated rings. The van der Waals surface area contributed by atoms with Crippen molar-refractivity contribution in [3.05, 3.63) is 57.9 Å². The fourth-order valence-electron chi connectivity index (χ4n) is 4.94. The van der Waals surface area contributed by atoms with Crippen LogP contribution in [0.25, 0.3) is 0 Å². The molecule has 1 aliphatic carbocycles. The van der Waals surface area contributed by atoms with E-state index >= 15 is 0 Å². The van der Waals surface area contributed by atoms with E-state index in [2.05, 4.69) is 20.9 Å². The summed E-state index contributed by atoms with van der Waals surface area (Å²) in [6.07, 6.45) is 2.84. The molecule has 0 saturated carbocycles. The number of unbranched alkanes of at least 4 members (excludes halogenated alkanes) is 1. The summed E-state index contributed by atoms with van der Waals surface area (Å²) in [6, 6.07) is 6.84. The van der Waals surface area contributed by atoms with Gasteiger partial charge in [-0.25, -0.2) is 4.79 Å². The molecule has 1 aromatic carbocycles. The maximum atomic E-state index is 13.3. The summed E-state index contributed by atoms with van der Waals surface area (Å²) >= 11 is 0. The summed E-state index contributed by atoms with van der Waals surface area (Å²) in [4.78, 5) is 54.2. The smallest absolute Gasteiger partial charge is 0.407 e. The molecule has 9 heteroatoms. The van der Waals surface area contributed by atoms with Gasteiger partial charge in [0.1, 0.15) is 17.3 Å². The molecule has 218 valence electrons. The highest BCUT2D eigenvalue weighted by Crippen LogP contribution is 2.36. The van der Waals surface area contributed by atoms with E-state index in [1.54, 1.807) is 6.92 Å². The van der Waals surface area contributed by atoms with E-state index in [4.69, 9.17) is 4.74 Å². The number of hydrogen-bond acceptors (Lipinski definition) is 5. The monoisotopic (exact) mass is 552 g/mol. The Kier molecular flexibility index (Phi) is 9.82. The Morgan fingerprint density at radius 2 is 1.62 bits per heavy atom. The van der Waals surface area contributed by atoms with Crippen LogP contribution in [0.4, 0.5) is 4.79 Å². The second-order valence-electron chi connectivity index (χ2n) is 12.5. The van der Waals surface area contributed by atoms with Gasteiger partial charge >= 0.3 is 6.09 Å². The van der Waals surface area contributed by atoms with Crippen LogP contribution in [0.3, 0.4) is 0 Å². The Hall–Kier alpha value is -3.62. The molecule has 0 spiro atoms. The molecule has 40 heavy (non-hydrogen) atoms. The van der Waals surface area contributed by atoms with E-state index in [9.17, 15) is 19.2 Å². The summed E-state index contributed by atoms with van der Waals surface area (Å²) in [5.41, 5.74) is 3.47. The molecular weight excluding hydrogens is 508 g/mol. The number of rotatable bonds is 10. The van der Waals surface area contributed by atoms with Crippen molar-refractivity contribution in [2.75, 3.05) is 0 Å². The molecular formula is C31H44N4O5. The van der Waals surface area contributed by atoms with Crippen molar-refractivity contribution >= 4 is 23.7 Å². The quantitative estimate of drug-likeness (QED) is 0.326. The molecule has 1 atom stereocenters. The second-order valence-corrected chi connectivity index (χ2v) is 12.5. The number of benzene rings is 1. The number of hydrogen-bond donors (Lipinski definition) is 4. The third-order valence-corrected chi connectivity index (χ3v) is 6.92. The topological polar surface area (TPSA) is 129 Å². The molecule has 0 bridgehead atoms. The van der Waals surface area contributed by atoms with Crippen LogP contribution in [0.15, 0.2) is 24.3 Å². The first kappa shape index (κ1) is 30.9. The van der Waals surface area contributed by atoms with Crippen LogP contribution in [0.2, 0.25) is 0 Å². The number of aromatic nitrogens is 1. The summed E-state index contributed by atoms with van der Waals surface area (Å²) < 4.78 is 5.25. The molecule has 9 nitrogen and oxygen atoms in total. The van der Waals surface area contributed by atoms with Crippen molar-refractivity contribution in [3.63, 3.8) is 0 Å². The summed E-state index contributed by atoms with van der Waals surface area (Å²) in [5.74, 6) is -0.592. The molecule has 0 saturated heterocycles. The van der Waals surface area contributed by atoms with Gasteiger partial charge in [0.25, 0.3) is 5.91 Å². The van der Waals surface area contributed by atoms with E-state index < -0.39 is 17.7 Å². The predicted molar refractivity (Wildman–Crippen MR) is 154 cm³/mol. The first-order chi connectivity index (χ1) is 18.7. The molecule has 0 aliphatic heterocycles. The highest BCUT2D eigenvalue weighted by Gasteiger charge is 2.35. The Morgan fingerprint density at radius 3 is 2.20 bits per heavy atom. The largest absolute Gasteiger partial charge is 0.444 e. The number of alkyl carbamates (subject to hydrolysis) is 1. The number of ketones is 1. The average molecular weight is 553 g/mol. The number of ether oxygens (including phenoxy) is 1. The van der Waals surface area contributed by atoms with Gasteiger partial charge in [0.15, 0.2) is 5.78 Å². The van der Waals surface area contributed by atoms with Crippen LogP contribution in [0.1, 0.15) is 110 Å². The first-order valence-electron chi connectivity index (χ1n) is 14.1. The van der Waals surface area contributed by atoms with Crippen LogP contribution in [0.5, 0.6) is 0 Å². The van der Waals surface area contributed by atoms with Crippen LogP contribution >= 0.6 is 0 Å². The number of aromatic amines is 1. The van der Waals surface area contributed by atoms with Crippen molar-refractivity contribution in [2.45, 2.75) is 105 Å². The van der Waals surface area contributed by atoms with Crippen molar-refractivity contribution in [2.24, 2.45) is 5.41 Å². The minimum absolute atomic E-state index is 0.0472. The predicted octanol–water partition coefficient (Wildman–Crippen LogP) is 5.11. The lowest BCUT2D eigenvalue weighted by Crippen LogP contribution is -2.46. The number of Topliss-reactive ketones (excluding diaryl/α,β-unsaturated/α-hetero) is 1. The van der Waals surface area contributed by atoms with Gasteiger partial charge in [0, 0.05) is 30.8 Å². The molecule has 1 aromatic heterocycles. The van der Waals surface area contributed by atoms with E-state index in [1.807, 2.05) is 65.8 Å². The van der Waals surface area contributed by atoms with Crippen molar-refractivity contribution in [1.29, 1.82) is 0 Å². The van der Waals surface area contributed by atoms with Crippen LogP contribution < -0.4 is 16.0 Å². The van der Waals surface area contributed by atoms with Gasteiger partial charge in [-0.1, -0.05) is 57.9 Å². The zero-order valence-electron chi connectivity index (χ0n) is 24.9. The third kappa shape index (κ3) is 8.44. The second kappa shape index (κ2) is 12.7. The Balaban J connectivity index is 1.60. The summed E-state index contributed by atoms with van der Waals surface area (Å²) in [6.45, 7) is 14.0. The highest BCUT2D eigenvalue weighted by molar-refractivity contribution is 6.05. The fourth-order valence-corrected chi connectivity index (χ4v) is 4.94. The molecule has 0 radical (unpaired) electrons. The van der Waals surface area contributed by atoms with Crippen molar-refractivity contribution in [1.82, 2.24) is 20.9 Å². The molecule has 1 aliphatic rings. The lowest BCUT2D eigenvalue weighted by Gasteiger charge is -2.28. The number of H-pyrrole nitrogens is 1. The van der Waals surface area contributed by atoms with Gasteiger partial charge < -0.3 is 25.7 Å². The minimum atomic E-state index is -0.698. The Morgan fingerprint density at radius 1 is 1.02 bits per heavy atom. The maximum Gasteiger partial charge on any atom is 0.407 e. The van der Waals surface area contributed by atoms with Gasteiger partial charge in [-0.15, -0.1) is 0 Å². The minimum Gasteiger partial charge on any atom is -0.444 e. The Labute approximate surface area is 237 Å². The molecule has 2 aromatic rings. The van der Waals surface area contributed by atoms with E-state index in [1.165, 1.54) is 0 Å². The van der Waals surface area contributed by atoms with Crippen LogP contribution in [-0.4, -0.2) is 40.3 Å². The lowest BCUT2D eigenvalue weighted by atomic mass is 9.75. The first-order valence-corrected chi connectivity index (χ1v) is 14.1. The molecule has 4 N–H and O–H groups in total. The number of nitrogens with one attached hydrogen (secondary N) is 4. The molecule has 3 rings (SSSR count). The van der Waals surface area contributed by atoms with Crippen LogP contribution in [-0.2, 0) is 29.0 Å². The third-order valence-electron chi connectivity index (χ3n) is 6.92. The van der Waals surface area contributed by atoms with Gasteiger partial charge in [-0.2, -0.15) is 0 Å². The highest BCUT2D eigenvalue weighted by atomic mass is 16.6. The zero-order chi connectivity index (χ0) is 29.7. The lowest BCUT2D eigenvalue weighted by molar-refractivity contribution is -0.123. The SMILES string of the molecule is CCCCC(NC(=O)c1[nH]c2c(c1C)C(=O)CC(C)(C)C2)C(=O)NCc1ccc(CNC(=O)OC(C)(C)C)cc1. The fraction of sp³-hybridized carbons (Fsp3) is 0.548. The van der Waals surface area contributed by atoms with Gasteiger partial charge in [0.2, 0.25) is 5.91 Å². The van der Waals surface area contributed by atoms with Crippen molar-refractivity contribution in [3.8, 4) is 0 Å². The zero-order valence-corrected chi connectivity index (χ0v) is 24.9. The summed E-state index contributed by atoms with van der Waals surface area (Å²) in [5, 5.41) is 8.56. The van der Waals surface area contributed by atoms with Crippen molar-refractivity contribution < 1.29 is 23.9 Å². The standard InChI is InChI=1S/C31H44N4O5/c1-8-9-10-22(35-28(38)26-19(2)25-23(34-26)15-31(6,7)16-24(25)36)27(37)32-17-20-11-13-21(14-12-20)18-33-29(39)40-30(3,4)5/h11-14,22,34H,8-10,15-18H2,1-7H3,(H,32,37)(H,33,39)(H,35,38).